The molecule has 3 heteroatoms. The molecule has 1 aromatic rings. The van der Waals surface area contributed by atoms with Gasteiger partial charge in [0.1, 0.15) is 5.82 Å². The molecule has 2 aliphatic carbocycles. The molecule has 0 aliphatic heterocycles. The second-order valence-electron chi connectivity index (χ2n) is 4.87. The lowest BCUT2D eigenvalue weighted by atomic mass is 9.89. The van der Waals surface area contributed by atoms with Gasteiger partial charge >= 0.3 is 0 Å². The lowest BCUT2D eigenvalue weighted by Gasteiger charge is -2.21. The summed E-state index contributed by atoms with van der Waals surface area (Å²) in [7, 11) is 0. The molecule has 2 bridgehead atoms. The van der Waals surface area contributed by atoms with Gasteiger partial charge in [-0.05, 0) is 43.1 Å². The smallest absolute Gasteiger partial charge is 0.121 e. The van der Waals surface area contributed by atoms with Crippen LogP contribution in [-0.4, -0.2) is 9.78 Å². The minimum Gasteiger partial charge on any atom is -0.384 e. The van der Waals surface area contributed by atoms with Crippen LogP contribution < -0.4 is 5.73 Å². The Morgan fingerprint density at radius 1 is 1.43 bits per heavy atom. The minimum absolute atomic E-state index is 0.813. The van der Waals surface area contributed by atoms with Crippen LogP contribution >= 0.6 is 0 Å². The maximum atomic E-state index is 5.82. The Labute approximate surface area is 84.3 Å². The first-order valence-corrected chi connectivity index (χ1v) is 5.60. The largest absolute Gasteiger partial charge is 0.384 e. The van der Waals surface area contributed by atoms with Crippen molar-refractivity contribution in [2.45, 2.75) is 32.2 Å². The Balaban J connectivity index is 1.71. The highest BCUT2D eigenvalue weighted by Gasteiger charge is 2.39. The predicted molar refractivity (Wildman–Crippen MR) is 55.6 cm³/mol. The monoisotopic (exact) mass is 191 g/mol. The van der Waals surface area contributed by atoms with Gasteiger partial charge in [0, 0.05) is 6.54 Å². The van der Waals surface area contributed by atoms with E-state index in [0.717, 1.165) is 30.1 Å². The van der Waals surface area contributed by atoms with Crippen molar-refractivity contribution < 1.29 is 0 Å². The highest BCUT2D eigenvalue weighted by Crippen LogP contribution is 2.48. The number of nitrogens with zero attached hydrogens (tertiary/aromatic N) is 2. The van der Waals surface area contributed by atoms with Crippen LogP contribution in [-0.2, 0) is 6.54 Å². The number of hydrogen-bond acceptors (Lipinski definition) is 2. The van der Waals surface area contributed by atoms with Crippen LogP contribution in [0.4, 0.5) is 5.82 Å². The zero-order chi connectivity index (χ0) is 9.54. The Kier molecular flexibility index (Phi) is 1.79. The van der Waals surface area contributed by atoms with E-state index >= 15 is 0 Å². The van der Waals surface area contributed by atoms with Crippen LogP contribution in [0.3, 0.4) is 0 Å². The first-order valence-electron chi connectivity index (χ1n) is 5.60. The zero-order valence-electron chi connectivity index (χ0n) is 8.39. The van der Waals surface area contributed by atoms with Gasteiger partial charge in [-0.15, -0.1) is 0 Å². The fourth-order valence-electron chi connectivity index (χ4n) is 3.32. The molecular weight excluding hydrogens is 174 g/mol. The van der Waals surface area contributed by atoms with Crippen molar-refractivity contribution in [1.29, 1.82) is 0 Å². The summed E-state index contributed by atoms with van der Waals surface area (Å²) >= 11 is 0. The van der Waals surface area contributed by atoms with E-state index in [2.05, 4.69) is 5.10 Å². The van der Waals surface area contributed by atoms with Crippen LogP contribution in [0.1, 0.15) is 25.7 Å². The van der Waals surface area contributed by atoms with Gasteiger partial charge in [0.15, 0.2) is 0 Å². The van der Waals surface area contributed by atoms with Crippen molar-refractivity contribution in [3.8, 4) is 0 Å². The molecule has 0 amide bonds. The quantitative estimate of drug-likeness (QED) is 0.776. The van der Waals surface area contributed by atoms with Crippen LogP contribution in [0.5, 0.6) is 0 Å². The molecule has 14 heavy (non-hydrogen) atoms. The molecular formula is C11H17N3. The topological polar surface area (TPSA) is 43.8 Å². The normalized spacial score (nSPS) is 35.3. The summed E-state index contributed by atoms with van der Waals surface area (Å²) in [6, 6.07) is 1.88. The van der Waals surface area contributed by atoms with E-state index in [1.165, 1.54) is 25.7 Å². The van der Waals surface area contributed by atoms with Crippen molar-refractivity contribution in [2.24, 2.45) is 17.8 Å². The van der Waals surface area contributed by atoms with Crippen molar-refractivity contribution in [3.63, 3.8) is 0 Å². The molecule has 0 spiro atoms. The highest BCUT2D eigenvalue weighted by molar-refractivity contribution is 5.25. The van der Waals surface area contributed by atoms with Gasteiger partial charge in [0.2, 0.25) is 0 Å². The molecule has 0 aromatic carbocycles. The molecule has 2 saturated carbocycles. The summed E-state index contributed by atoms with van der Waals surface area (Å²) in [6.45, 7) is 1.04. The van der Waals surface area contributed by atoms with E-state index < -0.39 is 0 Å². The Morgan fingerprint density at radius 2 is 2.36 bits per heavy atom. The van der Waals surface area contributed by atoms with E-state index in [4.69, 9.17) is 5.73 Å². The fraction of sp³-hybridized carbons (Fsp3) is 0.727. The average molecular weight is 191 g/mol. The minimum atomic E-state index is 0.813. The maximum absolute atomic E-state index is 5.82. The molecule has 1 aromatic heterocycles. The summed E-state index contributed by atoms with van der Waals surface area (Å²) < 4.78 is 1.96. The van der Waals surface area contributed by atoms with Crippen molar-refractivity contribution in [2.75, 3.05) is 5.73 Å². The summed E-state index contributed by atoms with van der Waals surface area (Å²) in [5.74, 6) is 3.63. The van der Waals surface area contributed by atoms with Crippen molar-refractivity contribution in [3.05, 3.63) is 12.3 Å². The number of rotatable bonds is 2. The third-order valence-electron chi connectivity index (χ3n) is 4.04. The second-order valence-corrected chi connectivity index (χ2v) is 4.87. The van der Waals surface area contributed by atoms with Crippen LogP contribution in [0.25, 0.3) is 0 Å². The summed E-state index contributed by atoms with van der Waals surface area (Å²) in [6.07, 6.45) is 7.57. The molecule has 3 unspecified atom stereocenters. The van der Waals surface area contributed by atoms with Crippen LogP contribution in [0.15, 0.2) is 12.3 Å². The third-order valence-corrected chi connectivity index (χ3v) is 4.04. The van der Waals surface area contributed by atoms with Crippen LogP contribution in [0.2, 0.25) is 0 Å². The Morgan fingerprint density at radius 3 is 2.93 bits per heavy atom. The third kappa shape index (κ3) is 1.22. The van der Waals surface area contributed by atoms with E-state index in [9.17, 15) is 0 Å². The lowest BCUT2D eigenvalue weighted by Crippen LogP contribution is -2.19. The van der Waals surface area contributed by atoms with Gasteiger partial charge in [-0.1, -0.05) is 6.42 Å². The molecule has 76 valence electrons. The molecule has 2 fully saturated rings. The number of nitrogens with two attached hydrogens (primary N) is 1. The number of nitrogen functional groups attached to an aromatic ring is 1. The van der Waals surface area contributed by atoms with Gasteiger partial charge in [-0.3, -0.25) is 0 Å². The Bertz CT molecular complexity index is 331. The first kappa shape index (κ1) is 8.33. The second kappa shape index (κ2) is 3.01. The van der Waals surface area contributed by atoms with Crippen molar-refractivity contribution in [1.82, 2.24) is 9.78 Å². The molecule has 0 saturated heterocycles. The molecule has 3 nitrogen and oxygen atoms in total. The van der Waals surface area contributed by atoms with E-state index in [-0.39, 0.29) is 0 Å². The average Bonchev–Trinajstić information content (AvgIpc) is 2.83. The molecule has 2 N–H and O–H groups in total. The molecule has 2 aliphatic rings. The van der Waals surface area contributed by atoms with Crippen molar-refractivity contribution >= 4 is 5.82 Å². The summed E-state index contributed by atoms with van der Waals surface area (Å²) in [5, 5.41) is 4.25. The first-order chi connectivity index (χ1) is 6.83. The van der Waals surface area contributed by atoms with E-state index in [1.54, 1.807) is 6.20 Å². The van der Waals surface area contributed by atoms with Gasteiger partial charge in [0.25, 0.3) is 0 Å². The van der Waals surface area contributed by atoms with E-state index in [0.29, 0.717) is 0 Å². The van der Waals surface area contributed by atoms with Gasteiger partial charge in [-0.25, -0.2) is 4.68 Å². The number of hydrogen-bond donors (Lipinski definition) is 1. The molecule has 3 atom stereocenters. The fourth-order valence-corrected chi connectivity index (χ4v) is 3.32. The Hall–Kier alpha value is -0.990. The zero-order valence-corrected chi connectivity index (χ0v) is 8.39. The standard InChI is InChI=1S/C11H17N3/c12-11-3-4-13-14(11)7-10-6-8-1-2-9(10)5-8/h3-4,8-10H,1-2,5-7,12H2. The SMILES string of the molecule is Nc1ccnn1CC1CC2CCC1C2. The number of anilines is 1. The van der Waals surface area contributed by atoms with E-state index in [1.807, 2.05) is 10.7 Å². The lowest BCUT2D eigenvalue weighted by molar-refractivity contribution is 0.287. The number of aromatic nitrogens is 2. The van der Waals surface area contributed by atoms with Gasteiger partial charge in [-0.2, -0.15) is 5.10 Å². The molecule has 0 radical (unpaired) electrons. The van der Waals surface area contributed by atoms with Gasteiger partial charge in [0.05, 0.1) is 6.20 Å². The predicted octanol–water partition coefficient (Wildman–Crippen LogP) is 1.90. The molecule has 3 rings (SSSR count). The highest BCUT2D eigenvalue weighted by atomic mass is 15.3. The summed E-state index contributed by atoms with van der Waals surface area (Å²) in [4.78, 5) is 0. The van der Waals surface area contributed by atoms with Gasteiger partial charge < -0.3 is 5.73 Å². The molecule has 1 heterocycles. The van der Waals surface area contributed by atoms with Crippen LogP contribution in [0, 0.1) is 17.8 Å². The summed E-state index contributed by atoms with van der Waals surface area (Å²) in [5.41, 5.74) is 5.82. The maximum Gasteiger partial charge on any atom is 0.121 e. The number of fused-ring (bicyclic) bond motifs is 2.